The van der Waals surface area contributed by atoms with Crippen LogP contribution in [-0.4, -0.2) is 22.5 Å². The molecule has 0 radical (unpaired) electrons. The fraction of sp³-hybridized carbons (Fsp3) is 0.182. The van der Waals surface area contributed by atoms with E-state index < -0.39 is 22.7 Å². The highest BCUT2D eigenvalue weighted by Gasteiger charge is 2.34. The van der Waals surface area contributed by atoms with Gasteiger partial charge in [-0.1, -0.05) is 23.7 Å². The van der Waals surface area contributed by atoms with Crippen molar-refractivity contribution in [1.29, 1.82) is 0 Å². The summed E-state index contributed by atoms with van der Waals surface area (Å²) < 4.78 is 44.4. The van der Waals surface area contributed by atoms with E-state index in [1.807, 2.05) is 0 Å². The molecule has 10 heteroatoms. The van der Waals surface area contributed by atoms with Crippen molar-refractivity contribution in [3.63, 3.8) is 0 Å². The van der Waals surface area contributed by atoms with Crippen molar-refractivity contribution in [2.24, 2.45) is 0 Å². The minimum absolute atomic E-state index is 0.0126. The van der Waals surface area contributed by atoms with E-state index in [4.69, 9.17) is 16.0 Å². The van der Waals surface area contributed by atoms with Gasteiger partial charge in [0.05, 0.1) is 29.1 Å². The van der Waals surface area contributed by atoms with E-state index >= 15 is 0 Å². The second-order valence-corrected chi connectivity index (χ2v) is 8.51. The van der Waals surface area contributed by atoms with Gasteiger partial charge in [-0.05, 0) is 48.0 Å². The van der Waals surface area contributed by atoms with Crippen LogP contribution in [0.1, 0.15) is 32.6 Å². The molecule has 2 heterocycles. The number of nitrogens with one attached hydrogen (secondary N) is 1. The summed E-state index contributed by atoms with van der Waals surface area (Å²) in [6, 6.07) is 13.3. The van der Waals surface area contributed by atoms with Crippen LogP contribution in [0.2, 0.25) is 5.02 Å². The second kappa shape index (κ2) is 8.91. The van der Waals surface area contributed by atoms with E-state index in [1.165, 1.54) is 17.8 Å². The molecule has 1 N–H and O–H groups in total. The number of alkyl halides is 3. The predicted octanol–water partition coefficient (Wildman–Crippen LogP) is 5.98. The van der Waals surface area contributed by atoms with Gasteiger partial charge in [0.25, 0.3) is 5.91 Å². The Kier molecular flexibility index (Phi) is 6.21. The summed E-state index contributed by atoms with van der Waals surface area (Å²) in [5.41, 5.74) is 0.0585. The van der Waals surface area contributed by atoms with E-state index in [0.717, 1.165) is 17.7 Å². The van der Waals surface area contributed by atoms with Crippen LogP contribution in [0.3, 0.4) is 0 Å². The summed E-state index contributed by atoms with van der Waals surface area (Å²) >= 11 is 7.08. The van der Waals surface area contributed by atoms with Gasteiger partial charge in [0.2, 0.25) is 5.91 Å². The lowest BCUT2D eigenvalue weighted by atomic mass is 10.1. The number of hydrogen-bond donors (Lipinski definition) is 1. The molecule has 5 nitrogen and oxygen atoms in total. The SMILES string of the molecule is O=C(Nc1ccc(Cl)c(C(F)(F)F)c1)c1ccc([C@@H]2SCC(=O)N2Cc2ccco2)cc1. The number of thioether (sulfide) groups is 1. The molecule has 1 atom stereocenters. The lowest BCUT2D eigenvalue weighted by molar-refractivity contribution is -0.137. The molecule has 1 saturated heterocycles. The Morgan fingerprint density at radius 1 is 1.19 bits per heavy atom. The van der Waals surface area contributed by atoms with Crippen molar-refractivity contribution in [1.82, 2.24) is 4.90 Å². The maximum atomic E-state index is 13.0. The van der Waals surface area contributed by atoms with Crippen LogP contribution < -0.4 is 5.32 Å². The summed E-state index contributed by atoms with van der Waals surface area (Å²) in [6.45, 7) is 0.337. The monoisotopic (exact) mass is 480 g/mol. The summed E-state index contributed by atoms with van der Waals surface area (Å²) in [5.74, 6) is 0.435. The number of furan rings is 1. The first-order chi connectivity index (χ1) is 15.2. The molecule has 0 spiro atoms. The van der Waals surface area contributed by atoms with Crippen LogP contribution >= 0.6 is 23.4 Å². The van der Waals surface area contributed by atoms with Gasteiger partial charge < -0.3 is 14.6 Å². The molecular formula is C22H16ClF3N2O3S. The maximum absolute atomic E-state index is 13.0. The fourth-order valence-corrected chi connectivity index (χ4v) is 4.71. The topological polar surface area (TPSA) is 62.6 Å². The van der Waals surface area contributed by atoms with Crippen LogP contribution in [0.15, 0.2) is 65.3 Å². The molecule has 1 fully saturated rings. The number of amides is 2. The van der Waals surface area contributed by atoms with Gasteiger partial charge in [0.15, 0.2) is 0 Å². The normalized spacial score (nSPS) is 16.4. The van der Waals surface area contributed by atoms with Gasteiger partial charge >= 0.3 is 6.18 Å². The highest BCUT2D eigenvalue weighted by Crippen LogP contribution is 2.40. The van der Waals surface area contributed by atoms with Crippen molar-refractivity contribution < 1.29 is 27.2 Å². The standard InChI is InChI=1S/C22H16ClF3N2O3S/c23-18-8-7-15(10-17(18)22(24,25)26)27-20(30)13-3-5-14(6-4-13)21-28(19(29)12-32-21)11-16-2-1-9-31-16/h1-10,21H,11-12H2,(H,27,30)/t21-/m0/s1. The molecule has 0 bridgehead atoms. The fourth-order valence-electron chi connectivity index (χ4n) is 3.29. The third-order valence-corrected chi connectivity index (χ3v) is 6.45. The highest BCUT2D eigenvalue weighted by molar-refractivity contribution is 8.00. The van der Waals surface area contributed by atoms with Crippen molar-refractivity contribution in [2.75, 3.05) is 11.1 Å². The molecular weight excluding hydrogens is 465 g/mol. The van der Waals surface area contributed by atoms with Crippen LogP contribution in [-0.2, 0) is 17.5 Å². The molecule has 2 aromatic carbocycles. The van der Waals surface area contributed by atoms with Gasteiger partial charge in [-0.25, -0.2) is 0 Å². The predicted molar refractivity (Wildman–Crippen MR) is 115 cm³/mol. The quantitative estimate of drug-likeness (QED) is 0.488. The number of halogens is 4. The number of anilines is 1. The van der Waals surface area contributed by atoms with Crippen LogP contribution in [0.5, 0.6) is 0 Å². The second-order valence-electron chi connectivity index (χ2n) is 7.03. The number of nitrogens with zero attached hydrogens (tertiary/aromatic N) is 1. The molecule has 3 aromatic rings. The average Bonchev–Trinajstić information content (AvgIpc) is 3.39. The molecule has 32 heavy (non-hydrogen) atoms. The average molecular weight is 481 g/mol. The lowest BCUT2D eigenvalue weighted by Crippen LogP contribution is -2.27. The zero-order chi connectivity index (χ0) is 22.9. The summed E-state index contributed by atoms with van der Waals surface area (Å²) in [5, 5.41) is 1.78. The maximum Gasteiger partial charge on any atom is 0.417 e. The summed E-state index contributed by atoms with van der Waals surface area (Å²) in [7, 11) is 0. The van der Waals surface area contributed by atoms with Crippen molar-refractivity contribution >= 4 is 40.9 Å². The third-order valence-electron chi connectivity index (χ3n) is 4.86. The zero-order valence-corrected chi connectivity index (χ0v) is 17.9. The Morgan fingerprint density at radius 3 is 2.59 bits per heavy atom. The molecule has 1 aromatic heterocycles. The number of benzene rings is 2. The van der Waals surface area contributed by atoms with Crippen LogP contribution in [0, 0.1) is 0 Å². The van der Waals surface area contributed by atoms with E-state index in [2.05, 4.69) is 5.32 Å². The summed E-state index contributed by atoms with van der Waals surface area (Å²) in [4.78, 5) is 26.5. The highest BCUT2D eigenvalue weighted by atomic mass is 35.5. The first kappa shape index (κ1) is 22.3. The van der Waals surface area contributed by atoms with Gasteiger partial charge in [0, 0.05) is 11.3 Å². The van der Waals surface area contributed by atoms with Gasteiger partial charge in [-0.2, -0.15) is 13.2 Å². The van der Waals surface area contributed by atoms with Gasteiger partial charge in [-0.15, -0.1) is 11.8 Å². The largest absolute Gasteiger partial charge is 0.467 e. The molecule has 0 saturated carbocycles. The van der Waals surface area contributed by atoms with Gasteiger partial charge in [-0.3, -0.25) is 9.59 Å². The first-order valence-electron chi connectivity index (χ1n) is 9.44. The van der Waals surface area contributed by atoms with E-state index in [1.54, 1.807) is 47.6 Å². The Hall–Kier alpha value is -2.91. The van der Waals surface area contributed by atoms with Crippen LogP contribution in [0.25, 0.3) is 0 Å². The van der Waals surface area contributed by atoms with Gasteiger partial charge in [0.1, 0.15) is 11.1 Å². The molecule has 1 aliphatic heterocycles. The Bertz CT molecular complexity index is 1130. The van der Waals surface area contributed by atoms with Crippen molar-refractivity contribution in [2.45, 2.75) is 18.1 Å². The zero-order valence-electron chi connectivity index (χ0n) is 16.4. The lowest BCUT2D eigenvalue weighted by Gasteiger charge is -2.23. The van der Waals surface area contributed by atoms with Crippen LogP contribution in [0.4, 0.5) is 18.9 Å². The first-order valence-corrected chi connectivity index (χ1v) is 10.9. The summed E-state index contributed by atoms with van der Waals surface area (Å²) in [6.07, 6.45) is -3.08. The molecule has 0 aliphatic carbocycles. The molecule has 0 unspecified atom stereocenters. The third kappa shape index (κ3) is 4.78. The Balaban J connectivity index is 1.48. The smallest absolute Gasteiger partial charge is 0.417 e. The van der Waals surface area contributed by atoms with E-state index in [9.17, 15) is 22.8 Å². The number of rotatable bonds is 5. The Labute approximate surface area is 190 Å². The van der Waals surface area contributed by atoms with Crippen molar-refractivity contribution in [3.8, 4) is 0 Å². The minimum Gasteiger partial charge on any atom is -0.467 e. The minimum atomic E-state index is -4.63. The Morgan fingerprint density at radius 2 is 1.94 bits per heavy atom. The number of carbonyl (C=O) groups is 2. The van der Waals surface area contributed by atoms with E-state index in [-0.39, 0.29) is 22.5 Å². The molecule has 166 valence electrons. The van der Waals surface area contributed by atoms with Crippen molar-refractivity contribution in [3.05, 3.63) is 88.3 Å². The number of carbonyl (C=O) groups excluding carboxylic acids is 2. The van der Waals surface area contributed by atoms with E-state index in [0.29, 0.717) is 18.1 Å². The molecule has 1 aliphatic rings. The molecule has 4 rings (SSSR count). The number of hydrogen-bond acceptors (Lipinski definition) is 4. The molecule has 2 amide bonds.